The van der Waals surface area contributed by atoms with Crippen molar-refractivity contribution in [3.63, 3.8) is 0 Å². The van der Waals surface area contributed by atoms with E-state index < -0.39 is 12.4 Å². The Bertz CT molecular complexity index is 273. The van der Waals surface area contributed by atoms with Crippen molar-refractivity contribution in [2.75, 3.05) is 0 Å². The van der Waals surface area contributed by atoms with Crippen molar-refractivity contribution in [1.82, 2.24) is 0 Å². The molecule has 0 spiro atoms. The number of benzene rings is 1. The highest BCUT2D eigenvalue weighted by Crippen LogP contribution is 2.21. The smallest absolute Gasteiger partial charge is 0.387 e. The largest absolute Gasteiger partial charge is 0.434 e. The predicted molar refractivity (Wildman–Crippen MR) is 37.5 cm³/mol. The number of halogens is 3. The molecule has 0 aliphatic rings. The van der Waals surface area contributed by atoms with Crippen LogP contribution in [0.3, 0.4) is 0 Å². The van der Waals surface area contributed by atoms with E-state index in [1.54, 1.807) is 0 Å². The molecule has 0 fully saturated rings. The van der Waals surface area contributed by atoms with Gasteiger partial charge in [-0.25, -0.2) is 4.39 Å². The van der Waals surface area contributed by atoms with E-state index in [0.29, 0.717) is 0 Å². The minimum atomic E-state index is -2.95. The van der Waals surface area contributed by atoms with Gasteiger partial charge in [0.05, 0.1) is 0 Å². The fourth-order valence-corrected chi connectivity index (χ4v) is 0.745. The first kappa shape index (κ1) is 8.90. The molecule has 12 heavy (non-hydrogen) atoms. The van der Waals surface area contributed by atoms with Crippen LogP contribution in [0.4, 0.5) is 13.2 Å². The summed E-state index contributed by atoms with van der Waals surface area (Å²) in [5.41, 5.74) is -0.155. The number of alkyl halides is 2. The van der Waals surface area contributed by atoms with Gasteiger partial charge in [-0.05, 0) is 19.1 Å². The Labute approximate surface area is 67.8 Å². The first-order chi connectivity index (χ1) is 5.61. The average Bonchev–Trinajstić information content (AvgIpc) is 1.98. The summed E-state index contributed by atoms with van der Waals surface area (Å²) in [7, 11) is 0. The van der Waals surface area contributed by atoms with E-state index in [1.807, 2.05) is 0 Å². The summed E-state index contributed by atoms with van der Waals surface area (Å²) in [6.45, 7) is 0.288. The average molecular weight is 175 g/mol. The van der Waals surface area contributed by atoms with Crippen molar-refractivity contribution >= 4 is 0 Å². The van der Waals surface area contributed by atoms with Gasteiger partial charge in [-0.15, -0.1) is 0 Å². The molecule has 0 bridgehead atoms. The molecule has 0 saturated heterocycles. The van der Waals surface area contributed by atoms with Gasteiger partial charge in [-0.3, -0.25) is 0 Å². The summed E-state index contributed by atoms with van der Waals surface area (Å²) in [5, 5.41) is 0. The maximum absolute atomic E-state index is 12.6. The number of hydrogen-bond acceptors (Lipinski definition) is 1. The lowest BCUT2D eigenvalue weighted by Crippen LogP contribution is -2.03. The van der Waals surface area contributed by atoms with Crippen molar-refractivity contribution < 1.29 is 17.9 Å². The molecule has 1 aromatic carbocycles. The zero-order chi connectivity index (χ0) is 9.14. The molecule has 0 heterocycles. The van der Waals surface area contributed by atoms with Crippen molar-refractivity contribution in [3.05, 3.63) is 36.5 Å². The molecule has 1 nitrogen and oxygen atoms in total. The van der Waals surface area contributed by atoms with Gasteiger partial charge in [0.1, 0.15) is 11.6 Å². The van der Waals surface area contributed by atoms with Gasteiger partial charge in [0.2, 0.25) is 0 Å². The molecule has 0 unspecified atom stereocenters. The highest BCUT2D eigenvalue weighted by atomic mass is 19.3. The number of hydrogen-bond donors (Lipinski definition) is 0. The van der Waals surface area contributed by atoms with Crippen molar-refractivity contribution in [1.29, 1.82) is 0 Å². The molecule has 1 aromatic rings. The molecule has 0 saturated carbocycles. The van der Waals surface area contributed by atoms with Crippen molar-refractivity contribution in [2.45, 2.75) is 6.61 Å². The van der Waals surface area contributed by atoms with Gasteiger partial charge in [0.15, 0.2) is 0 Å². The summed E-state index contributed by atoms with van der Waals surface area (Å²) in [6.07, 6.45) is 0. The Morgan fingerprint density at radius 3 is 2.58 bits per heavy atom. The lowest BCUT2D eigenvalue weighted by Gasteiger charge is -2.06. The van der Waals surface area contributed by atoms with Gasteiger partial charge in [0.25, 0.3) is 0 Å². The first-order valence-electron chi connectivity index (χ1n) is 3.16. The fraction of sp³-hybridized carbons (Fsp3) is 0.125. The van der Waals surface area contributed by atoms with E-state index in [9.17, 15) is 13.2 Å². The molecule has 0 atom stereocenters. The second-order valence-corrected chi connectivity index (χ2v) is 2.10. The van der Waals surface area contributed by atoms with E-state index in [1.165, 1.54) is 12.1 Å². The maximum atomic E-state index is 12.6. The Kier molecular flexibility index (Phi) is 2.58. The fourth-order valence-electron chi connectivity index (χ4n) is 0.745. The third-order valence-corrected chi connectivity index (χ3v) is 1.29. The standard InChI is InChI=1S/C8H6F3O/c1-5-6(9)3-2-4-7(5)12-8(10)11/h2-4,8H,1H2. The third kappa shape index (κ3) is 1.90. The summed E-state index contributed by atoms with van der Waals surface area (Å²) >= 11 is 0. The molecule has 1 rings (SSSR count). The highest BCUT2D eigenvalue weighted by molar-refractivity contribution is 5.36. The zero-order valence-electron chi connectivity index (χ0n) is 6.06. The SMILES string of the molecule is [CH2]c1c(F)cccc1OC(F)F. The topological polar surface area (TPSA) is 9.23 Å². The van der Waals surface area contributed by atoms with Crippen LogP contribution >= 0.6 is 0 Å². The van der Waals surface area contributed by atoms with Gasteiger partial charge in [-0.2, -0.15) is 8.78 Å². The van der Waals surface area contributed by atoms with Crippen LogP contribution in [0.2, 0.25) is 0 Å². The highest BCUT2D eigenvalue weighted by Gasteiger charge is 2.09. The summed E-state index contributed by atoms with van der Waals surface area (Å²) in [5.74, 6) is -0.891. The lowest BCUT2D eigenvalue weighted by atomic mass is 10.2. The second-order valence-electron chi connectivity index (χ2n) is 2.10. The molecule has 0 amide bonds. The number of rotatable bonds is 2. The van der Waals surface area contributed by atoms with Crippen molar-refractivity contribution in [3.8, 4) is 5.75 Å². The third-order valence-electron chi connectivity index (χ3n) is 1.29. The van der Waals surface area contributed by atoms with E-state index >= 15 is 0 Å². The Morgan fingerprint density at radius 2 is 2.00 bits per heavy atom. The number of ether oxygens (including phenoxy) is 1. The minimum absolute atomic E-state index is 0.155. The molecular formula is C8H6F3O. The van der Waals surface area contributed by atoms with E-state index in [2.05, 4.69) is 11.7 Å². The normalized spacial score (nSPS) is 10.4. The molecule has 1 radical (unpaired) electrons. The van der Waals surface area contributed by atoms with Gasteiger partial charge in [0, 0.05) is 5.56 Å². The van der Waals surface area contributed by atoms with Crippen LogP contribution in [0.25, 0.3) is 0 Å². The van der Waals surface area contributed by atoms with Gasteiger partial charge in [-0.1, -0.05) is 6.07 Å². The summed E-state index contributed by atoms with van der Waals surface area (Å²) in [4.78, 5) is 0. The van der Waals surface area contributed by atoms with Crippen LogP contribution in [0, 0.1) is 12.7 Å². The molecule has 4 heteroatoms. The van der Waals surface area contributed by atoms with Crippen LogP contribution in [0.1, 0.15) is 5.56 Å². The quantitative estimate of drug-likeness (QED) is 0.671. The molecule has 65 valence electrons. The monoisotopic (exact) mass is 175 g/mol. The Balaban J connectivity index is 2.92. The van der Waals surface area contributed by atoms with Gasteiger partial charge >= 0.3 is 6.61 Å². The summed E-state index contributed by atoms with van der Waals surface area (Å²) in [6, 6.07) is 3.64. The van der Waals surface area contributed by atoms with Crippen LogP contribution in [-0.4, -0.2) is 6.61 Å². The lowest BCUT2D eigenvalue weighted by molar-refractivity contribution is -0.0502. The maximum Gasteiger partial charge on any atom is 0.387 e. The van der Waals surface area contributed by atoms with Crippen LogP contribution in [0.5, 0.6) is 5.75 Å². The molecule has 0 aliphatic heterocycles. The van der Waals surface area contributed by atoms with Crippen LogP contribution in [-0.2, 0) is 0 Å². The van der Waals surface area contributed by atoms with E-state index in [-0.39, 0.29) is 11.3 Å². The molecule has 0 aliphatic carbocycles. The second kappa shape index (κ2) is 3.47. The molecular weight excluding hydrogens is 169 g/mol. The van der Waals surface area contributed by atoms with Crippen LogP contribution in [0.15, 0.2) is 18.2 Å². The Hall–Kier alpha value is -1.19. The zero-order valence-corrected chi connectivity index (χ0v) is 6.06. The predicted octanol–water partition coefficient (Wildman–Crippen LogP) is 2.61. The van der Waals surface area contributed by atoms with Crippen LogP contribution < -0.4 is 4.74 Å². The minimum Gasteiger partial charge on any atom is -0.434 e. The van der Waals surface area contributed by atoms with Gasteiger partial charge < -0.3 is 4.74 Å². The summed E-state index contributed by atoms with van der Waals surface area (Å²) < 4.78 is 40.0. The van der Waals surface area contributed by atoms with Crippen molar-refractivity contribution in [2.24, 2.45) is 0 Å². The molecule has 0 N–H and O–H groups in total. The van der Waals surface area contributed by atoms with E-state index in [4.69, 9.17) is 0 Å². The van der Waals surface area contributed by atoms with E-state index in [0.717, 1.165) is 6.07 Å². The molecule has 0 aromatic heterocycles. The Morgan fingerprint density at radius 1 is 1.33 bits per heavy atom. The first-order valence-corrected chi connectivity index (χ1v) is 3.16.